The first-order valence-electron chi connectivity index (χ1n) is 3.65. The first-order valence-corrected chi connectivity index (χ1v) is 4.03. The van der Waals surface area contributed by atoms with E-state index in [4.69, 9.17) is 11.6 Å². The molecule has 0 saturated carbocycles. The van der Waals surface area contributed by atoms with Crippen LogP contribution in [-0.2, 0) is 4.74 Å². The second-order valence-corrected chi connectivity index (χ2v) is 2.87. The van der Waals surface area contributed by atoms with Crippen LogP contribution in [0, 0.1) is 13.8 Å². The maximum atomic E-state index is 11.2. The summed E-state index contributed by atoms with van der Waals surface area (Å²) < 4.78 is 4.53. The van der Waals surface area contributed by atoms with Gasteiger partial charge < -0.3 is 4.74 Å². The predicted octanol–water partition coefficient (Wildman–Crippen LogP) is 1.53. The van der Waals surface area contributed by atoms with Gasteiger partial charge in [0.15, 0.2) is 0 Å². The number of ether oxygens (including phenoxy) is 1. The third-order valence-electron chi connectivity index (χ3n) is 1.55. The standard InChI is InChI=1S/C8H9ClN2O2/c1-4-6(8(12)13-3)7(9)11-5(2)10-4/h1-3H3. The van der Waals surface area contributed by atoms with E-state index in [0.717, 1.165) is 0 Å². The fraction of sp³-hybridized carbons (Fsp3) is 0.375. The molecular formula is C8H9ClN2O2. The van der Waals surface area contributed by atoms with Crippen molar-refractivity contribution in [2.45, 2.75) is 13.8 Å². The van der Waals surface area contributed by atoms with Gasteiger partial charge in [-0.05, 0) is 13.8 Å². The third-order valence-corrected chi connectivity index (χ3v) is 1.82. The molecule has 1 rings (SSSR count). The van der Waals surface area contributed by atoms with Gasteiger partial charge in [0.05, 0.1) is 12.8 Å². The van der Waals surface area contributed by atoms with E-state index in [1.165, 1.54) is 7.11 Å². The van der Waals surface area contributed by atoms with Gasteiger partial charge in [-0.15, -0.1) is 0 Å². The number of nitrogens with zero attached hydrogens (tertiary/aromatic N) is 2. The molecule has 1 heterocycles. The van der Waals surface area contributed by atoms with E-state index >= 15 is 0 Å². The lowest BCUT2D eigenvalue weighted by Crippen LogP contribution is -2.08. The number of carbonyl (C=O) groups excluding carboxylic acids is 1. The summed E-state index contributed by atoms with van der Waals surface area (Å²) in [6.07, 6.45) is 0. The van der Waals surface area contributed by atoms with E-state index in [1.807, 2.05) is 0 Å². The first kappa shape index (κ1) is 9.92. The number of rotatable bonds is 1. The normalized spacial score (nSPS) is 9.85. The highest BCUT2D eigenvalue weighted by Crippen LogP contribution is 2.16. The highest BCUT2D eigenvalue weighted by Gasteiger charge is 2.16. The predicted molar refractivity (Wildman–Crippen MR) is 47.9 cm³/mol. The van der Waals surface area contributed by atoms with Gasteiger partial charge in [0, 0.05) is 0 Å². The monoisotopic (exact) mass is 200 g/mol. The molecule has 1 aromatic heterocycles. The largest absolute Gasteiger partial charge is 0.465 e. The van der Waals surface area contributed by atoms with Gasteiger partial charge in [0.1, 0.15) is 16.5 Å². The number of aromatic nitrogens is 2. The number of carbonyl (C=O) groups is 1. The van der Waals surface area contributed by atoms with Crippen molar-refractivity contribution in [1.29, 1.82) is 0 Å². The molecule has 5 heteroatoms. The zero-order valence-electron chi connectivity index (χ0n) is 7.59. The Hall–Kier alpha value is -1.16. The van der Waals surface area contributed by atoms with E-state index in [9.17, 15) is 4.79 Å². The Morgan fingerprint density at radius 1 is 1.38 bits per heavy atom. The quantitative estimate of drug-likeness (QED) is 0.510. The van der Waals surface area contributed by atoms with E-state index in [1.54, 1.807) is 13.8 Å². The van der Waals surface area contributed by atoms with Gasteiger partial charge in [0.25, 0.3) is 0 Å². The van der Waals surface area contributed by atoms with Crippen molar-refractivity contribution in [3.63, 3.8) is 0 Å². The van der Waals surface area contributed by atoms with Crippen molar-refractivity contribution < 1.29 is 9.53 Å². The van der Waals surface area contributed by atoms with Gasteiger partial charge >= 0.3 is 5.97 Å². The van der Waals surface area contributed by atoms with Crippen molar-refractivity contribution in [3.05, 3.63) is 22.2 Å². The minimum absolute atomic E-state index is 0.136. The lowest BCUT2D eigenvalue weighted by Gasteiger charge is -2.04. The molecule has 0 amide bonds. The number of aryl methyl sites for hydroxylation is 2. The molecule has 0 bridgehead atoms. The lowest BCUT2D eigenvalue weighted by atomic mass is 10.2. The molecule has 0 radical (unpaired) electrons. The number of halogens is 1. The van der Waals surface area contributed by atoms with Crippen LogP contribution in [-0.4, -0.2) is 23.0 Å². The average molecular weight is 201 g/mol. The van der Waals surface area contributed by atoms with Crippen LogP contribution in [0.1, 0.15) is 21.9 Å². The summed E-state index contributed by atoms with van der Waals surface area (Å²) in [5, 5.41) is 0.136. The third kappa shape index (κ3) is 1.95. The van der Waals surface area contributed by atoms with E-state index in [2.05, 4.69) is 14.7 Å². The Kier molecular flexibility index (Phi) is 2.83. The van der Waals surface area contributed by atoms with Crippen LogP contribution in [0.15, 0.2) is 0 Å². The van der Waals surface area contributed by atoms with Crippen molar-refractivity contribution in [3.8, 4) is 0 Å². The molecule has 4 nitrogen and oxygen atoms in total. The fourth-order valence-corrected chi connectivity index (χ4v) is 1.34. The van der Waals surface area contributed by atoms with Gasteiger partial charge in [-0.2, -0.15) is 0 Å². The van der Waals surface area contributed by atoms with Gasteiger partial charge in [0.2, 0.25) is 0 Å². The van der Waals surface area contributed by atoms with Crippen LogP contribution >= 0.6 is 11.6 Å². The molecule has 70 valence electrons. The Labute approximate surface area is 80.9 Å². The van der Waals surface area contributed by atoms with Crippen molar-refractivity contribution in [2.75, 3.05) is 7.11 Å². The number of esters is 1. The maximum Gasteiger partial charge on any atom is 0.342 e. The summed E-state index contributed by atoms with van der Waals surface area (Å²) >= 11 is 5.76. The highest BCUT2D eigenvalue weighted by atomic mass is 35.5. The second kappa shape index (κ2) is 3.70. The molecule has 1 aromatic rings. The van der Waals surface area contributed by atoms with E-state index < -0.39 is 5.97 Å². The van der Waals surface area contributed by atoms with Gasteiger partial charge in [-0.3, -0.25) is 0 Å². The van der Waals surface area contributed by atoms with Gasteiger partial charge in [-0.1, -0.05) is 11.6 Å². The molecule has 0 unspecified atom stereocenters. The molecule has 0 aliphatic heterocycles. The summed E-state index contributed by atoms with van der Waals surface area (Å²) in [5.74, 6) is 0.0256. The van der Waals surface area contributed by atoms with Crippen LogP contribution in [0.4, 0.5) is 0 Å². The average Bonchev–Trinajstić information content (AvgIpc) is 2.02. The summed E-state index contributed by atoms with van der Waals surface area (Å²) in [6, 6.07) is 0. The minimum atomic E-state index is -0.512. The Balaban J connectivity index is 3.28. The molecular weight excluding hydrogens is 192 g/mol. The van der Waals surface area contributed by atoms with Gasteiger partial charge in [-0.25, -0.2) is 14.8 Å². The number of methoxy groups -OCH3 is 1. The first-order chi connectivity index (χ1) is 6.06. The molecule has 13 heavy (non-hydrogen) atoms. The summed E-state index contributed by atoms with van der Waals surface area (Å²) in [6.45, 7) is 3.40. The van der Waals surface area contributed by atoms with Crippen LogP contribution in [0.2, 0.25) is 5.15 Å². The molecule has 0 spiro atoms. The lowest BCUT2D eigenvalue weighted by molar-refractivity contribution is 0.0599. The molecule has 0 N–H and O–H groups in total. The van der Waals surface area contributed by atoms with Crippen molar-refractivity contribution >= 4 is 17.6 Å². The van der Waals surface area contributed by atoms with Crippen molar-refractivity contribution in [2.24, 2.45) is 0 Å². The molecule has 0 fully saturated rings. The zero-order valence-corrected chi connectivity index (χ0v) is 8.34. The summed E-state index contributed by atoms with van der Waals surface area (Å²) in [4.78, 5) is 19.0. The highest BCUT2D eigenvalue weighted by molar-refractivity contribution is 6.32. The smallest absolute Gasteiger partial charge is 0.342 e. The second-order valence-electron chi connectivity index (χ2n) is 2.51. The molecule has 0 atom stereocenters. The zero-order chi connectivity index (χ0) is 10.0. The Morgan fingerprint density at radius 2 is 2.00 bits per heavy atom. The Morgan fingerprint density at radius 3 is 2.46 bits per heavy atom. The molecule has 0 aliphatic rings. The summed E-state index contributed by atoms with van der Waals surface area (Å²) in [5.41, 5.74) is 0.763. The van der Waals surface area contributed by atoms with Crippen LogP contribution in [0.3, 0.4) is 0 Å². The maximum absolute atomic E-state index is 11.2. The van der Waals surface area contributed by atoms with E-state index in [0.29, 0.717) is 11.5 Å². The minimum Gasteiger partial charge on any atom is -0.465 e. The van der Waals surface area contributed by atoms with Crippen molar-refractivity contribution in [1.82, 2.24) is 9.97 Å². The molecule has 0 saturated heterocycles. The molecule has 0 aromatic carbocycles. The summed E-state index contributed by atoms with van der Waals surface area (Å²) in [7, 11) is 1.29. The van der Waals surface area contributed by atoms with Crippen LogP contribution < -0.4 is 0 Å². The van der Waals surface area contributed by atoms with Crippen LogP contribution in [0.25, 0.3) is 0 Å². The fourth-order valence-electron chi connectivity index (χ4n) is 1.00. The van der Waals surface area contributed by atoms with Crippen LogP contribution in [0.5, 0.6) is 0 Å². The Bertz CT molecular complexity index is 329. The number of hydrogen-bond acceptors (Lipinski definition) is 4. The number of hydrogen-bond donors (Lipinski definition) is 0. The molecule has 0 aliphatic carbocycles. The van der Waals surface area contributed by atoms with E-state index in [-0.39, 0.29) is 10.7 Å². The topological polar surface area (TPSA) is 52.1 Å². The SMILES string of the molecule is COC(=O)c1c(C)nc(C)nc1Cl.